The second-order valence-corrected chi connectivity index (χ2v) is 5.57. The summed E-state index contributed by atoms with van der Waals surface area (Å²) in [4.78, 5) is 25.4. The van der Waals surface area contributed by atoms with Crippen molar-refractivity contribution in [3.63, 3.8) is 0 Å². The highest BCUT2D eigenvalue weighted by Crippen LogP contribution is 2.11. The minimum atomic E-state index is -0.631. The molecule has 10 heteroatoms. The summed E-state index contributed by atoms with van der Waals surface area (Å²) in [7, 11) is 0. The smallest absolute Gasteiger partial charge is 0.331 e. The van der Waals surface area contributed by atoms with E-state index in [0.717, 1.165) is 15.0 Å². The molecular weight excluding hydrogens is 350 g/mol. The molecule has 4 rings (SSSR count). The van der Waals surface area contributed by atoms with Gasteiger partial charge in [-0.05, 0) is 17.3 Å². The molecule has 0 aliphatic rings. The Kier molecular flexibility index (Phi) is 4.35. The summed E-state index contributed by atoms with van der Waals surface area (Å²) in [5.74, 6) is -0.228. The quantitative estimate of drug-likeness (QED) is 0.474. The average molecular weight is 363 g/mol. The number of nitrogens with zero attached hydrogens (tertiary/aromatic N) is 7. The summed E-state index contributed by atoms with van der Waals surface area (Å²) in [6.45, 7) is -0.592. The summed E-state index contributed by atoms with van der Waals surface area (Å²) in [6.07, 6.45) is 0. The van der Waals surface area contributed by atoms with E-state index in [0.29, 0.717) is 16.7 Å². The zero-order chi connectivity index (χ0) is 18.6. The van der Waals surface area contributed by atoms with Gasteiger partial charge in [0.15, 0.2) is 13.3 Å². The highest BCUT2D eigenvalue weighted by Gasteiger charge is 2.12. The van der Waals surface area contributed by atoms with Crippen molar-refractivity contribution >= 4 is 16.9 Å². The molecule has 0 atom stereocenters. The van der Waals surface area contributed by atoms with Crippen molar-refractivity contribution in [2.75, 3.05) is 0 Å². The molecule has 0 bridgehead atoms. The zero-order valence-corrected chi connectivity index (χ0v) is 14.0. The standard InChI is InChI=1S/C17H13N7O3/c25-15(10-24-20-16(19-22-24)12-6-2-1-3-7-12)27-11-23-17(26)13-8-4-5-9-14(13)18-21-23/h1-9H,10-11H2. The van der Waals surface area contributed by atoms with Gasteiger partial charge in [0.1, 0.15) is 5.52 Å². The molecule has 0 saturated carbocycles. The Bertz CT molecular complexity index is 1150. The summed E-state index contributed by atoms with van der Waals surface area (Å²) in [5.41, 5.74) is 0.874. The number of aromatic nitrogens is 7. The molecule has 2 heterocycles. The second-order valence-electron chi connectivity index (χ2n) is 5.57. The van der Waals surface area contributed by atoms with Gasteiger partial charge < -0.3 is 4.74 Å². The first-order valence-corrected chi connectivity index (χ1v) is 8.02. The lowest BCUT2D eigenvalue weighted by Crippen LogP contribution is -2.27. The third-order valence-electron chi connectivity index (χ3n) is 3.73. The first kappa shape index (κ1) is 16.5. The van der Waals surface area contributed by atoms with Crippen LogP contribution in [0.15, 0.2) is 59.4 Å². The van der Waals surface area contributed by atoms with E-state index in [1.54, 1.807) is 24.3 Å². The molecule has 2 aromatic heterocycles. The van der Waals surface area contributed by atoms with Gasteiger partial charge in [-0.1, -0.05) is 47.7 Å². The van der Waals surface area contributed by atoms with Crippen molar-refractivity contribution in [2.45, 2.75) is 13.3 Å². The van der Waals surface area contributed by atoms with Gasteiger partial charge in [-0.3, -0.25) is 4.79 Å². The average Bonchev–Trinajstić information content (AvgIpc) is 3.17. The van der Waals surface area contributed by atoms with Gasteiger partial charge in [-0.15, -0.1) is 15.3 Å². The van der Waals surface area contributed by atoms with Gasteiger partial charge in [0.2, 0.25) is 5.82 Å². The van der Waals surface area contributed by atoms with Crippen LogP contribution in [-0.2, 0) is 22.8 Å². The molecule has 0 spiro atoms. The van der Waals surface area contributed by atoms with Gasteiger partial charge in [0.25, 0.3) is 5.56 Å². The number of ether oxygens (including phenoxy) is 1. The maximum absolute atomic E-state index is 12.3. The van der Waals surface area contributed by atoms with Crippen LogP contribution in [0.25, 0.3) is 22.3 Å². The predicted molar refractivity (Wildman–Crippen MR) is 93.1 cm³/mol. The first-order valence-electron chi connectivity index (χ1n) is 8.02. The van der Waals surface area contributed by atoms with Crippen molar-refractivity contribution in [2.24, 2.45) is 0 Å². The highest BCUT2D eigenvalue weighted by atomic mass is 16.5. The zero-order valence-electron chi connectivity index (χ0n) is 14.0. The third-order valence-corrected chi connectivity index (χ3v) is 3.73. The molecule has 2 aromatic carbocycles. The van der Waals surface area contributed by atoms with Gasteiger partial charge in [-0.25, -0.2) is 4.79 Å². The summed E-state index contributed by atoms with van der Waals surface area (Å²) in [5, 5.41) is 19.9. The van der Waals surface area contributed by atoms with Crippen molar-refractivity contribution in [3.05, 3.63) is 65.0 Å². The topological polar surface area (TPSA) is 118 Å². The molecule has 27 heavy (non-hydrogen) atoms. The summed E-state index contributed by atoms with van der Waals surface area (Å²) < 4.78 is 6.05. The normalized spacial score (nSPS) is 10.8. The van der Waals surface area contributed by atoms with Gasteiger partial charge in [0, 0.05) is 5.56 Å². The van der Waals surface area contributed by atoms with Crippen LogP contribution in [0.1, 0.15) is 0 Å². The van der Waals surface area contributed by atoms with Crippen molar-refractivity contribution in [1.82, 2.24) is 35.2 Å². The van der Waals surface area contributed by atoms with Crippen LogP contribution in [-0.4, -0.2) is 41.2 Å². The lowest BCUT2D eigenvalue weighted by Gasteiger charge is -2.06. The van der Waals surface area contributed by atoms with E-state index < -0.39 is 11.5 Å². The number of tetrazole rings is 1. The lowest BCUT2D eigenvalue weighted by atomic mass is 10.2. The van der Waals surface area contributed by atoms with Crippen LogP contribution in [0, 0.1) is 0 Å². The summed E-state index contributed by atoms with van der Waals surface area (Å²) >= 11 is 0. The van der Waals surface area contributed by atoms with E-state index in [-0.39, 0.29) is 13.3 Å². The minimum Gasteiger partial charge on any atom is -0.441 e. The Labute approximate surface area is 152 Å². The molecule has 10 nitrogen and oxygen atoms in total. The SMILES string of the molecule is O=C(Cn1nnc(-c2ccccc2)n1)OCn1nnc2ccccc2c1=O. The Balaban J connectivity index is 1.41. The van der Waals surface area contributed by atoms with Gasteiger partial charge in [-0.2, -0.15) is 9.48 Å². The van der Waals surface area contributed by atoms with E-state index in [2.05, 4.69) is 25.7 Å². The fourth-order valence-corrected chi connectivity index (χ4v) is 2.42. The molecule has 0 unspecified atom stereocenters. The predicted octanol–water partition coefficient (Wildman–Crippen LogP) is 0.646. The maximum atomic E-state index is 12.3. The molecule has 0 amide bonds. The fourth-order valence-electron chi connectivity index (χ4n) is 2.42. The largest absolute Gasteiger partial charge is 0.441 e. The van der Waals surface area contributed by atoms with Crippen LogP contribution in [0.5, 0.6) is 0 Å². The molecule has 0 aliphatic carbocycles. The molecule has 0 N–H and O–H groups in total. The highest BCUT2D eigenvalue weighted by molar-refractivity contribution is 5.76. The van der Waals surface area contributed by atoms with E-state index in [9.17, 15) is 9.59 Å². The van der Waals surface area contributed by atoms with Crippen LogP contribution in [0.3, 0.4) is 0 Å². The van der Waals surface area contributed by atoms with E-state index in [1.165, 1.54) is 0 Å². The molecule has 0 fully saturated rings. The number of carbonyl (C=O) groups is 1. The van der Waals surface area contributed by atoms with E-state index in [4.69, 9.17) is 4.74 Å². The minimum absolute atomic E-state index is 0.240. The maximum Gasteiger partial charge on any atom is 0.331 e. The van der Waals surface area contributed by atoms with Crippen LogP contribution in [0.2, 0.25) is 0 Å². The van der Waals surface area contributed by atoms with Crippen molar-refractivity contribution in [3.8, 4) is 11.4 Å². The van der Waals surface area contributed by atoms with E-state index in [1.807, 2.05) is 30.3 Å². The number of hydrogen-bond acceptors (Lipinski definition) is 8. The summed E-state index contributed by atoms with van der Waals surface area (Å²) in [6, 6.07) is 16.1. The van der Waals surface area contributed by atoms with Gasteiger partial charge >= 0.3 is 5.97 Å². The molecule has 0 aliphatic heterocycles. The Hall–Kier alpha value is -3.95. The molecule has 134 valence electrons. The monoisotopic (exact) mass is 363 g/mol. The Morgan fingerprint density at radius 2 is 1.74 bits per heavy atom. The number of carbonyl (C=O) groups excluding carboxylic acids is 1. The Morgan fingerprint density at radius 3 is 2.59 bits per heavy atom. The van der Waals surface area contributed by atoms with E-state index >= 15 is 0 Å². The first-order chi connectivity index (χ1) is 13.2. The molecular formula is C17H13N7O3. The molecule has 0 radical (unpaired) electrons. The number of hydrogen-bond donors (Lipinski definition) is 0. The number of esters is 1. The number of benzene rings is 2. The molecule has 0 saturated heterocycles. The number of rotatable bonds is 5. The third kappa shape index (κ3) is 3.54. The van der Waals surface area contributed by atoms with Crippen molar-refractivity contribution < 1.29 is 9.53 Å². The lowest BCUT2D eigenvalue weighted by molar-refractivity contribution is -0.149. The van der Waals surface area contributed by atoms with Crippen molar-refractivity contribution in [1.29, 1.82) is 0 Å². The van der Waals surface area contributed by atoms with Gasteiger partial charge in [0.05, 0.1) is 5.39 Å². The van der Waals surface area contributed by atoms with Crippen LogP contribution >= 0.6 is 0 Å². The van der Waals surface area contributed by atoms with Crippen LogP contribution < -0.4 is 5.56 Å². The fraction of sp³-hybridized carbons (Fsp3) is 0.118. The van der Waals surface area contributed by atoms with Crippen LogP contribution in [0.4, 0.5) is 0 Å². The number of fused-ring (bicyclic) bond motifs is 1. The molecule has 4 aromatic rings. The Morgan fingerprint density at radius 1 is 0.963 bits per heavy atom. The second kappa shape index (κ2) is 7.12.